The van der Waals surface area contributed by atoms with Crippen LogP contribution in [0.15, 0.2) is 18.2 Å². The summed E-state index contributed by atoms with van der Waals surface area (Å²) in [6.45, 7) is 5.25. The lowest BCUT2D eigenvalue weighted by atomic mass is 9.99. The molecule has 0 bridgehead atoms. The van der Waals surface area contributed by atoms with Gasteiger partial charge in [-0.3, -0.25) is 4.79 Å². The van der Waals surface area contributed by atoms with Crippen LogP contribution in [0.25, 0.3) is 0 Å². The summed E-state index contributed by atoms with van der Waals surface area (Å²) in [7, 11) is 7.93. The van der Waals surface area contributed by atoms with Gasteiger partial charge in [-0.2, -0.15) is 0 Å². The fourth-order valence-electron chi connectivity index (χ4n) is 3.07. The molecule has 1 aliphatic heterocycles. The minimum atomic E-state index is -0.232. The smallest absolute Gasteiger partial charge is 0.258 e. The largest absolute Gasteiger partial charge is 0.488 e. The van der Waals surface area contributed by atoms with Crippen molar-refractivity contribution in [2.45, 2.75) is 26.0 Å². The summed E-state index contributed by atoms with van der Waals surface area (Å²) in [4.78, 5) is 19.0. The average molecular weight is 349 g/mol. The van der Waals surface area contributed by atoms with Crippen molar-refractivity contribution in [2.75, 3.05) is 52.8 Å². The van der Waals surface area contributed by atoms with Crippen molar-refractivity contribution in [3.8, 4) is 5.75 Å². The van der Waals surface area contributed by atoms with Gasteiger partial charge in [0.05, 0.1) is 18.2 Å². The summed E-state index contributed by atoms with van der Waals surface area (Å²) in [6.07, 6.45) is -0.0274. The molecule has 2 rings (SSSR count). The first kappa shape index (κ1) is 19.5. The van der Waals surface area contributed by atoms with Gasteiger partial charge < -0.3 is 24.5 Å². The van der Waals surface area contributed by atoms with Crippen molar-refractivity contribution >= 4 is 11.6 Å². The summed E-state index contributed by atoms with van der Waals surface area (Å²) in [5, 5.41) is 9.61. The topological polar surface area (TPSA) is 56.2 Å². The number of carbonyl (C=O) groups excluding carboxylic acids is 1. The number of hydrogen-bond acceptors (Lipinski definition) is 5. The fourth-order valence-corrected chi connectivity index (χ4v) is 3.07. The number of aliphatic hydroxyl groups excluding tert-OH is 1. The number of likely N-dealkylation sites (N-methyl/N-ethyl adjacent to an activating group) is 1. The SMILES string of the molecule is C[C@H](CO)N1C[C@H](C)[C@@H](CN(C)C)Oc2ccc(N(C)C)cc2C1=O. The lowest BCUT2D eigenvalue weighted by molar-refractivity contribution is 0.0363. The molecule has 25 heavy (non-hydrogen) atoms. The Morgan fingerprint density at radius 2 is 2.00 bits per heavy atom. The van der Waals surface area contributed by atoms with E-state index >= 15 is 0 Å². The van der Waals surface area contributed by atoms with E-state index in [0.717, 1.165) is 12.2 Å². The molecule has 140 valence electrons. The molecule has 0 fully saturated rings. The van der Waals surface area contributed by atoms with Gasteiger partial charge in [-0.15, -0.1) is 0 Å². The predicted molar refractivity (Wildman–Crippen MR) is 100 cm³/mol. The summed E-state index contributed by atoms with van der Waals surface area (Å²) < 4.78 is 6.26. The second-order valence-corrected chi connectivity index (χ2v) is 7.46. The number of aliphatic hydroxyl groups is 1. The van der Waals surface area contributed by atoms with Gasteiger partial charge in [-0.05, 0) is 39.2 Å². The molecular formula is C19H31N3O3. The highest BCUT2D eigenvalue weighted by molar-refractivity contribution is 5.98. The van der Waals surface area contributed by atoms with Crippen LogP contribution in [0, 0.1) is 5.92 Å². The van der Waals surface area contributed by atoms with Crippen LogP contribution in [0.5, 0.6) is 5.75 Å². The normalized spacial score (nSPS) is 22.1. The number of hydrogen-bond donors (Lipinski definition) is 1. The number of amides is 1. The van der Waals surface area contributed by atoms with Gasteiger partial charge in [-0.1, -0.05) is 6.92 Å². The van der Waals surface area contributed by atoms with Crippen LogP contribution >= 0.6 is 0 Å². The predicted octanol–water partition coefficient (Wildman–Crippen LogP) is 1.53. The van der Waals surface area contributed by atoms with Gasteiger partial charge in [0, 0.05) is 38.8 Å². The zero-order valence-corrected chi connectivity index (χ0v) is 16.2. The zero-order valence-electron chi connectivity index (χ0n) is 16.2. The minimum Gasteiger partial charge on any atom is -0.488 e. The van der Waals surface area contributed by atoms with Crippen molar-refractivity contribution < 1.29 is 14.6 Å². The molecule has 0 radical (unpaired) electrons. The molecule has 1 aromatic carbocycles. The Kier molecular flexibility index (Phi) is 6.30. The quantitative estimate of drug-likeness (QED) is 0.874. The standard InChI is InChI=1S/C19H31N3O3/c1-13-10-22(14(2)12-23)19(24)16-9-15(21(5)6)7-8-17(16)25-18(13)11-20(3)4/h7-9,13-14,18,23H,10-12H2,1-6H3/t13-,14+,18+/m0/s1. The highest BCUT2D eigenvalue weighted by Crippen LogP contribution is 2.31. The lowest BCUT2D eigenvalue weighted by Crippen LogP contribution is -2.49. The molecule has 6 nitrogen and oxygen atoms in total. The summed E-state index contributed by atoms with van der Waals surface area (Å²) in [6, 6.07) is 5.48. The van der Waals surface area contributed by atoms with Crippen LogP contribution in [-0.4, -0.2) is 80.8 Å². The molecule has 0 saturated heterocycles. The Balaban J connectivity index is 2.50. The maximum atomic E-state index is 13.1. The van der Waals surface area contributed by atoms with Gasteiger partial charge in [-0.25, -0.2) is 0 Å². The Bertz CT molecular complexity index is 604. The van der Waals surface area contributed by atoms with Crippen LogP contribution < -0.4 is 9.64 Å². The molecular weight excluding hydrogens is 318 g/mol. The maximum absolute atomic E-state index is 13.1. The molecule has 0 unspecified atom stereocenters. The van der Waals surface area contributed by atoms with Crippen molar-refractivity contribution in [1.29, 1.82) is 0 Å². The number of carbonyl (C=O) groups is 1. The Morgan fingerprint density at radius 1 is 1.32 bits per heavy atom. The Labute approximate surface area is 151 Å². The highest BCUT2D eigenvalue weighted by atomic mass is 16.5. The van der Waals surface area contributed by atoms with Gasteiger partial charge in [0.2, 0.25) is 0 Å². The van der Waals surface area contributed by atoms with Crippen molar-refractivity contribution in [1.82, 2.24) is 9.80 Å². The van der Waals surface area contributed by atoms with E-state index in [2.05, 4.69) is 11.8 Å². The van der Waals surface area contributed by atoms with E-state index in [0.29, 0.717) is 17.9 Å². The molecule has 1 heterocycles. The first-order valence-corrected chi connectivity index (χ1v) is 8.79. The first-order chi connectivity index (χ1) is 11.7. The molecule has 3 atom stereocenters. The number of nitrogens with zero attached hydrogens (tertiary/aromatic N) is 3. The number of anilines is 1. The molecule has 1 amide bonds. The van der Waals surface area contributed by atoms with Crippen LogP contribution in [0.1, 0.15) is 24.2 Å². The Hall–Kier alpha value is -1.79. The summed E-state index contributed by atoms with van der Waals surface area (Å²) in [5.41, 5.74) is 1.51. The van der Waals surface area contributed by atoms with Crippen LogP contribution in [0.4, 0.5) is 5.69 Å². The molecule has 1 aliphatic rings. The summed E-state index contributed by atoms with van der Waals surface area (Å²) >= 11 is 0. The number of rotatable bonds is 5. The van der Waals surface area contributed by atoms with Gasteiger partial charge in [0.15, 0.2) is 0 Å². The third kappa shape index (κ3) is 4.44. The molecule has 0 aliphatic carbocycles. The molecule has 0 saturated carbocycles. The zero-order chi connectivity index (χ0) is 18.7. The Morgan fingerprint density at radius 3 is 2.56 bits per heavy atom. The van der Waals surface area contributed by atoms with E-state index in [1.54, 1.807) is 4.90 Å². The molecule has 0 spiro atoms. The third-order valence-corrected chi connectivity index (χ3v) is 4.71. The van der Waals surface area contributed by atoms with Crippen LogP contribution in [-0.2, 0) is 0 Å². The second-order valence-electron chi connectivity index (χ2n) is 7.46. The van der Waals surface area contributed by atoms with Crippen molar-refractivity contribution in [3.63, 3.8) is 0 Å². The maximum Gasteiger partial charge on any atom is 0.258 e. The molecule has 1 N–H and O–H groups in total. The van der Waals surface area contributed by atoms with Gasteiger partial charge in [0.25, 0.3) is 5.91 Å². The van der Waals surface area contributed by atoms with Crippen molar-refractivity contribution in [3.05, 3.63) is 23.8 Å². The van der Waals surface area contributed by atoms with Gasteiger partial charge >= 0.3 is 0 Å². The van der Waals surface area contributed by atoms with E-state index in [1.165, 1.54) is 0 Å². The fraction of sp³-hybridized carbons (Fsp3) is 0.632. The first-order valence-electron chi connectivity index (χ1n) is 8.79. The molecule has 6 heteroatoms. The number of benzene rings is 1. The van der Waals surface area contributed by atoms with E-state index in [-0.39, 0.29) is 30.6 Å². The minimum absolute atomic E-state index is 0.0274. The lowest BCUT2D eigenvalue weighted by Gasteiger charge is -2.38. The van der Waals surface area contributed by atoms with E-state index in [9.17, 15) is 9.90 Å². The number of ether oxygens (including phenoxy) is 1. The van der Waals surface area contributed by atoms with E-state index in [1.807, 2.05) is 58.2 Å². The average Bonchev–Trinajstić information content (AvgIpc) is 2.56. The van der Waals surface area contributed by atoms with E-state index < -0.39 is 0 Å². The monoisotopic (exact) mass is 349 g/mol. The molecule has 1 aromatic rings. The van der Waals surface area contributed by atoms with Crippen LogP contribution in [0.3, 0.4) is 0 Å². The van der Waals surface area contributed by atoms with E-state index in [4.69, 9.17) is 4.74 Å². The third-order valence-electron chi connectivity index (χ3n) is 4.71. The highest BCUT2D eigenvalue weighted by Gasteiger charge is 2.33. The number of fused-ring (bicyclic) bond motifs is 1. The second kappa shape index (κ2) is 8.06. The van der Waals surface area contributed by atoms with Gasteiger partial charge in [0.1, 0.15) is 11.9 Å². The van der Waals surface area contributed by atoms with Crippen LogP contribution in [0.2, 0.25) is 0 Å². The van der Waals surface area contributed by atoms with Crippen molar-refractivity contribution in [2.24, 2.45) is 5.92 Å². The molecule has 0 aromatic heterocycles. The summed E-state index contributed by atoms with van der Waals surface area (Å²) in [5.74, 6) is 0.682.